The molecule has 3 atom stereocenters. The average molecular weight is 684 g/mol. The van der Waals surface area contributed by atoms with Crippen molar-refractivity contribution in [1.82, 2.24) is 0 Å². The summed E-state index contributed by atoms with van der Waals surface area (Å²) in [6, 6.07) is 29.0. The molecule has 1 fully saturated rings. The lowest BCUT2D eigenvalue weighted by Gasteiger charge is -2.36. The fourth-order valence-electron chi connectivity index (χ4n) is 5.53. The van der Waals surface area contributed by atoms with E-state index in [1.807, 2.05) is 66.7 Å². The summed E-state index contributed by atoms with van der Waals surface area (Å²) in [6.07, 6.45) is 1.93. The van der Waals surface area contributed by atoms with Gasteiger partial charge in [0, 0.05) is 41.2 Å². The van der Waals surface area contributed by atoms with Crippen LogP contribution in [0, 0.1) is 0 Å². The quantitative estimate of drug-likeness (QED) is 0.0491. The van der Waals surface area contributed by atoms with Gasteiger partial charge in [-0.15, -0.1) is 11.8 Å². The van der Waals surface area contributed by atoms with Crippen molar-refractivity contribution in [3.8, 4) is 0 Å². The summed E-state index contributed by atoms with van der Waals surface area (Å²) in [7, 11) is 0. The number of ether oxygens (including phenoxy) is 2. The molecule has 4 aromatic rings. The Labute approximate surface area is 290 Å². The number of para-hydroxylation sites is 2. The minimum absolute atomic E-state index is 0.0554. The summed E-state index contributed by atoms with van der Waals surface area (Å²) in [5.74, 6) is -0.709. The smallest absolute Gasteiger partial charge is 0.336 e. The highest BCUT2D eigenvalue weighted by molar-refractivity contribution is 7.99. The number of carboxylic acid groups (broad SMARTS) is 1. The molecule has 1 saturated heterocycles. The number of benzene rings is 4. The molecule has 1 heterocycles. The Morgan fingerprint density at radius 3 is 2.24 bits per heavy atom. The maximum Gasteiger partial charge on any atom is 0.336 e. The number of rotatable bonds is 15. The SMILES string of the molecule is Nc1ccccc1NC(=O)CCCCCC(=O)Nc1cccc(C2OC(CSc3ccccc3C(=O)O)CC(c3ccc(CO)cc3)O2)c1. The molecule has 0 saturated carbocycles. The van der Waals surface area contributed by atoms with Crippen molar-refractivity contribution in [2.24, 2.45) is 0 Å². The first-order valence-electron chi connectivity index (χ1n) is 16.3. The van der Waals surface area contributed by atoms with E-state index in [1.165, 1.54) is 11.8 Å². The first kappa shape index (κ1) is 35.6. The zero-order chi connectivity index (χ0) is 34.6. The number of thioether (sulfide) groups is 1. The number of nitrogen functional groups attached to an aromatic ring is 1. The highest BCUT2D eigenvalue weighted by Gasteiger charge is 2.32. The van der Waals surface area contributed by atoms with E-state index in [-0.39, 0.29) is 36.2 Å². The topological polar surface area (TPSA) is 160 Å². The molecular formula is C38H41N3O7S. The minimum atomic E-state index is -0.980. The molecule has 1 aliphatic heterocycles. The molecular weight excluding hydrogens is 642 g/mol. The third-order valence-electron chi connectivity index (χ3n) is 8.14. The number of amides is 2. The predicted molar refractivity (Wildman–Crippen MR) is 190 cm³/mol. The van der Waals surface area contributed by atoms with Gasteiger partial charge in [-0.3, -0.25) is 9.59 Å². The summed E-state index contributed by atoms with van der Waals surface area (Å²) in [5, 5.41) is 24.9. The molecule has 10 nitrogen and oxygen atoms in total. The van der Waals surface area contributed by atoms with Crippen LogP contribution in [0.3, 0.4) is 0 Å². The second-order valence-corrected chi connectivity index (χ2v) is 12.9. The average Bonchev–Trinajstić information content (AvgIpc) is 3.11. The van der Waals surface area contributed by atoms with Gasteiger partial charge in [0.2, 0.25) is 11.8 Å². The van der Waals surface area contributed by atoms with Crippen LogP contribution in [0.5, 0.6) is 0 Å². The van der Waals surface area contributed by atoms with Gasteiger partial charge in [0.25, 0.3) is 0 Å². The molecule has 3 unspecified atom stereocenters. The van der Waals surface area contributed by atoms with Gasteiger partial charge in [-0.25, -0.2) is 4.79 Å². The first-order chi connectivity index (χ1) is 23.8. The van der Waals surface area contributed by atoms with E-state index >= 15 is 0 Å². The summed E-state index contributed by atoms with van der Waals surface area (Å²) >= 11 is 1.43. The largest absolute Gasteiger partial charge is 0.478 e. The Balaban J connectivity index is 1.17. The number of carbonyl (C=O) groups excluding carboxylic acids is 2. The molecule has 5 rings (SSSR count). The Morgan fingerprint density at radius 2 is 1.51 bits per heavy atom. The van der Waals surface area contributed by atoms with Gasteiger partial charge in [-0.1, -0.05) is 67.1 Å². The number of nitrogens with two attached hydrogens (primary N) is 1. The number of carboxylic acids is 1. The number of aromatic carboxylic acids is 1. The van der Waals surface area contributed by atoms with Gasteiger partial charge in [0.1, 0.15) is 0 Å². The molecule has 0 spiro atoms. The van der Waals surface area contributed by atoms with Crippen LogP contribution in [0.1, 0.15) is 78.0 Å². The zero-order valence-electron chi connectivity index (χ0n) is 27.0. The third kappa shape index (κ3) is 10.4. The summed E-state index contributed by atoms with van der Waals surface area (Å²) in [5.41, 5.74) is 10.3. The molecule has 49 heavy (non-hydrogen) atoms. The van der Waals surface area contributed by atoms with Crippen molar-refractivity contribution in [1.29, 1.82) is 0 Å². The van der Waals surface area contributed by atoms with Crippen molar-refractivity contribution >= 4 is 46.6 Å². The molecule has 0 aliphatic carbocycles. The number of anilines is 3. The third-order valence-corrected chi connectivity index (χ3v) is 9.35. The van der Waals surface area contributed by atoms with Crippen LogP contribution in [0.4, 0.5) is 17.1 Å². The van der Waals surface area contributed by atoms with Crippen molar-refractivity contribution in [2.45, 2.75) is 68.5 Å². The number of hydrogen-bond donors (Lipinski definition) is 5. The van der Waals surface area contributed by atoms with E-state index in [2.05, 4.69) is 10.6 Å². The van der Waals surface area contributed by atoms with Gasteiger partial charge in [-0.2, -0.15) is 0 Å². The van der Waals surface area contributed by atoms with E-state index < -0.39 is 12.3 Å². The van der Waals surface area contributed by atoms with Gasteiger partial charge in [0.15, 0.2) is 6.29 Å². The van der Waals surface area contributed by atoms with E-state index in [4.69, 9.17) is 15.2 Å². The van der Waals surface area contributed by atoms with E-state index in [0.717, 1.165) is 23.1 Å². The van der Waals surface area contributed by atoms with Gasteiger partial charge in [0.05, 0.1) is 35.8 Å². The normalized spacial score (nSPS) is 17.3. The van der Waals surface area contributed by atoms with Crippen LogP contribution in [0.15, 0.2) is 102 Å². The van der Waals surface area contributed by atoms with Gasteiger partial charge in [-0.05, 0) is 60.4 Å². The molecule has 0 aromatic heterocycles. The molecule has 2 amide bonds. The molecule has 6 N–H and O–H groups in total. The lowest BCUT2D eigenvalue weighted by molar-refractivity contribution is -0.245. The highest BCUT2D eigenvalue weighted by Crippen LogP contribution is 2.40. The van der Waals surface area contributed by atoms with E-state index in [9.17, 15) is 24.6 Å². The fraction of sp³-hybridized carbons (Fsp3) is 0.289. The number of carbonyl (C=O) groups is 3. The number of hydrogen-bond acceptors (Lipinski definition) is 8. The molecule has 4 aromatic carbocycles. The summed E-state index contributed by atoms with van der Waals surface area (Å²) < 4.78 is 12.9. The van der Waals surface area contributed by atoms with E-state index in [0.29, 0.717) is 59.8 Å². The van der Waals surface area contributed by atoms with Crippen molar-refractivity contribution in [2.75, 3.05) is 22.1 Å². The second-order valence-electron chi connectivity index (χ2n) is 11.8. The molecule has 1 aliphatic rings. The first-order valence-corrected chi connectivity index (χ1v) is 17.3. The van der Waals surface area contributed by atoms with Crippen LogP contribution in [-0.4, -0.2) is 39.9 Å². The summed E-state index contributed by atoms with van der Waals surface area (Å²) in [6.45, 7) is -0.0554. The second kappa shape index (κ2) is 17.6. The zero-order valence-corrected chi connectivity index (χ0v) is 27.9. The van der Waals surface area contributed by atoms with E-state index in [1.54, 1.807) is 30.3 Å². The number of aliphatic hydroxyl groups excluding tert-OH is 1. The van der Waals surface area contributed by atoms with Crippen molar-refractivity contribution in [3.05, 3.63) is 119 Å². The predicted octanol–water partition coefficient (Wildman–Crippen LogP) is 7.32. The minimum Gasteiger partial charge on any atom is -0.478 e. The van der Waals surface area contributed by atoms with Crippen LogP contribution in [0.2, 0.25) is 0 Å². The fourth-order valence-corrected chi connectivity index (χ4v) is 6.60. The molecule has 0 radical (unpaired) electrons. The van der Waals surface area contributed by atoms with Crippen LogP contribution < -0.4 is 16.4 Å². The van der Waals surface area contributed by atoms with Crippen molar-refractivity contribution < 1.29 is 34.1 Å². The van der Waals surface area contributed by atoms with Gasteiger partial charge >= 0.3 is 5.97 Å². The van der Waals surface area contributed by atoms with Gasteiger partial charge < -0.3 is 36.1 Å². The van der Waals surface area contributed by atoms with Crippen LogP contribution >= 0.6 is 11.8 Å². The van der Waals surface area contributed by atoms with Crippen molar-refractivity contribution in [3.63, 3.8) is 0 Å². The number of unbranched alkanes of at least 4 members (excludes halogenated alkanes) is 2. The number of nitrogens with one attached hydrogen (secondary N) is 2. The standard InChI is InChI=1S/C38H41N3O7S/c39-31-12-5-6-13-32(31)41-36(44)16-3-1-2-15-35(43)40-28-10-8-9-27(21-28)38-47-29(24-49-34-14-7-4-11-30(34)37(45)46)22-33(48-38)26-19-17-25(23-42)18-20-26/h4-14,17-21,29,33,38,42H,1-3,15-16,22-24,39H2,(H,40,43)(H,41,44)(H,45,46). The molecule has 0 bridgehead atoms. The van der Waals surface area contributed by atoms with Crippen LogP contribution in [0.25, 0.3) is 0 Å². The molecule has 11 heteroatoms. The summed E-state index contributed by atoms with van der Waals surface area (Å²) in [4.78, 5) is 37.5. The Kier molecular flexibility index (Phi) is 12.8. The number of aliphatic hydroxyl groups is 1. The monoisotopic (exact) mass is 683 g/mol. The molecule has 256 valence electrons. The highest BCUT2D eigenvalue weighted by atomic mass is 32.2. The Morgan fingerprint density at radius 1 is 0.796 bits per heavy atom. The lowest BCUT2D eigenvalue weighted by Crippen LogP contribution is -2.31. The maximum absolute atomic E-state index is 12.8. The Hall–Kier alpha value is -4.68. The maximum atomic E-state index is 12.8. The Bertz CT molecular complexity index is 1730. The van der Waals surface area contributed by atoms with Crippen LogP contribution in [-0.2, 0) is 25.7 Å². The lowest BCUT2D eigenvalue weighted by atomic mass is 10.0.